The molecule has 0 spiro atoms. The Morgan fingerprint density at radius 2 is 1.47 bits per heavy atom. The summed E-state index contributed by atoms with van der Waals surface area (Å²) in [4.78, 5) is 12.3. The van der Waals surface area contributed by atoms with Gasteiger partial charge in [-0.05, 0) is 61.9 Å². The van der Waals surface area contributed by atoms with Gasteiger partial charge in [0.25, 0.3) is 0 Å². The predicted molar refractivity (Wildman–Crippen MR) is 119 cm³/mol. The number of rotatable bonds is 10. The first kappa shape index (κ1) is 24.5. The van der Waals surface area contributed by atoms with E-state index in [1.54, 1.807) is 19.1 Å². The Kier molecular flexibility index (Phi) is 8.56. The standard InChI is InChI=1S/C19H24BrN3O5S2/c1-3-14(2)23-30(27,28)18-10-6-16(7-11-18)22-19(24)12-13-21-29(25,26)17-8-4-15(20)5-9-17/h4-11,14,21,23H,3,12-13H2,1-2H3,(H,22,24). The number of carbonyl (C=O) groups excluding carboxylic acids is 1. The van der Waals surface area contributed by atoms with Gasteiger partial charge in [-0.2, -0.15) is 0 Å². The van der Waals surface area contributed by atoms with E-state index in [9.17, 15) is 21.6 Å². The molecular weight excluding hydrogens is 494 g/mol. The van der Waals surface area contributed by atoms with Gasteiger partial charge in [0.1, 0.15) is 0 Å². The molecule has 30 heavy (non-hydrogen) atoms. The van der Waals surface area contributed by atoms with Crippen molar-refractivity contribution in [2.75, 3.05) is 11.9 Å². The highest BCUT2D eigenvalue weighted by atomic mass is 79.9. The van der Waals surface area contributed by atoms with Crippen molar-refractivity contribution in [2.24, 2.45) is 0 Å². The van der Waals surface area contributed by atoms with Crippen molar-refractivity contribution in [2.45, 2.75) is 42.5 Å². The molecule has 1 amide bonds. The molecule has 2 aromatic rings. The van der Waals surface area contributed by atoms with Gasteiger partial charge in [0.2, 0.25) is 26.0 Å². The molecular formula is C19H24BrN3O5S2. The van der Waals surface area contributed by atoms with Gasteiger partial charge in [-0.15, -0.1) is 0 Å². The van der Waals surface area contributed by atoms with Gasteiger partial charge in [-0.3, -0.25) is 4.79 Å². The molecule has 0 aromatic heterocycles. The Bertz CT molecular complexity index is 1070. The minimum Gasteiger partial charge on any atom is -0.326 e. The van der Waals surface area contributed by atoms with Crippen LogP contribution in [0.4, 0.5) is 5.69 Å². The number of sulfonamides is 2. The summed E-state index contributed by atoms with van der Waals surface area (Å²) in [5.41, 5.74) is 0.415. The molecule has 0 heterocycles. The number of benzene rings is 2. The number of halogens is 1. The minimum absolute atomic E-state index is 0.0739. The maximum absolute atomic E-state index is 12.2. The Hall–Kier alpha value is -1.79. The van der Waals surface area contributed by atoms with Gasteiger partial charge in [0.15, 0.2) is 0 Å². The zero-order valence-corrected chi connectivity index (χ0v) is 19.8. The zero-order valence-electron chi connectivity index (χ0n) is 16.6. The lowest BCUT2D eigenvalue weighted by Gasteiger charge is -2.12. The van der Waals surface area contributed by atoms with Crippen LogP contribution in [0.5, 0.6) is 0 Å². The maximum Gasteiger partial charge on any atom is 0.240 e. The number of carbonyl (C=O) groups is 1. The van der Waals surface area contributed by atoms with Crippen molar-refractivity contribution in [3.63, 3.8) is 0 Å². The van der Waals surface area contributed by atoms with Crippen LogP contribution in [0.25, 0.3) is 0 Å². The van der Waals surface area contributed by atoms with Crippen LogP contribution < -0.4 is 14.8 Å². The second-order valence-corrected chi connectivity index (χ2v) is 11.0. The largest absolute Gasteiger partial charge is 0.326 e. The van der Waals surface area contributed by atoms with Gasteiger partial charge in [-0.25, -0.2) is 26.3 Å². The van der Waals surface area contributed by atoms with Crippen molar-refractivity contribution in [3.8, 4) is 0 Å². The molecule has 3 N–H and O–H groups in total. The fraction of sp³-hybridized carbons (Fsp3) is 0.316. The first-order valence-electron chi connectivity index (χ1n) is 9.21. The molecule has 0 aliphatic rings. The fourth-order valence-corrected chi connectivity index (χ4v) is 4.98. The quantitative estimate of drug-likeness (QED) is 0.447. The van der Waals surface area contributed by atoms with Gasteiger partial charge in [-0.1, -0.05) is 22.9 Å². The molecule has 0 saturated heterocycles. The van der Waals surface area contributed by atoms with E-state index in [1.807, 2.05) is 6.92 Å². The van der Waals surface area contributed by atoms with Crippen LogP contribution in [-0.2, 0) is 24.8 Å². The first-order chi connectivity index (χ1) is 14.0. The van der Waals surface area contributed by atoms with E-state index >= 15 is 0 Å². The number of anilines is 1. The van der Waals surface area contributed by atoms with Gasteiger partial charge in [0, 0.05) is 29.2 Å². The summed E-state index contributed by atoms with van der Waals surface area (Å²) in [7, 11) is -7.32. The monoisotopic (exact) mass is 517 g/mol. The van der Waals surface area contributed by atoms with Crippen LogP contribution >= 0.6 is 15.9 Å². The van der Waals surface area contributed by atoms with E-state index in [2.05, 4.69) is 30.7 Å². The van der Waals surface area contributed by atoms with Gasteiger partial charge >= 0.3 is 0 Å². The highest BCUT2D eigenvalue weighted by molar-refractivity contribution is 9.10. The first-order valence-corrected chi connectivity index (χ1v) is 13.0. The molecule has 164 valence electrons. The van der Waals surface area contributed by atoms with Gasteiger partial charge in [0.05, 0.1) is 9.79 Å². The number of hydrogen-bond donors (Lipinski definition) is 3. The second-order valence-electron chi connectivity index (χ2n) is 6.60. The van der Waals surface area contributed by atoms with E-state index in [0.29, 0.717) is 12.1 Å². The maximum atomic E-state index is 12.2. The highest BCUT2D eigenvalue weighted by Gasteiger charge is 2.17. The van der Waals surface area contributed by atoms with E-state index in [1.165, 1.54) is 36.4 Å². The van der Waals surface area contributed by atoms with Crippen molar-refractivity contribution in [1.29, 1.82) is 0 Å². The SMILES string of the molecule is CCC(C)NS(=O)(=O)c1ccc(NC(=O)CCNS(=O)(=O)c2ccc(Br)cc2)cc1. The van der Waals surface area contributed by atoms with E-state index < -0.39 is 26.0 Å². The molecule has 2 rings (SSSR count). The van der Waals surface area contributed by atoms with E-state index in [-0.39, 0.29) is 28.8 Å². The summed E-state index contributed by atoms with van der Waals surface area (Å²) < 4.78 is 54.6. The van der Waals surface area contributed by atoms with E-state index in [0.717, 1.165) is 4.47 Å². The Labute approximate surface area is 185 Å². The summed E-state index contributed by atoms with van der Waals surface area (Å²) in [5, 5.41) is 2.61. The molecule has 1 unspecified atom stereocenters. The lowest BCUT2D eigenvalue weighted by atomic mass is 10.3. The van der Waals surface area contributed by atoms with Crippen LogP contribution in [-0.4, -0.2) is 35.3 Å². The van der Waals surface area contributed by atoms with Crippen molar-refractivity contribution < 1.29 is 21.6 Å². The van der Waals surface area contributed by atoms with Crippen LogP contribution in [0.15, 0.2) is 62.8 Å². The lowest BCUT2D eigenvalue weighted by Crippen LogP contribution is -2.32. The van der Waals surface area contributed by atoms with Crippen molar-refractivity contribution >= 4 is 47.6 Å². The number of amides is 1. The molecule has 0 aliphatic carbocycles. The molecule has 0 bridgehead atoms. The van der Waals surface area contributed by atoms with Crippen LogP contribution in [0, 0.1) is 0 Å². The fourth-order valence-electron chi connectivity index (χ4n) is 2.35. The third kappa shape index (κ3) is 7.17. The molecule has 11 heteroatoms. The van der Waals surface area contributed by atoms with Crippen LogP contribution in [0.1, 0.15) is 26.7 Å². The predicted octanol–water partition coefficient (Wildman–Crippen LogP) is 2.83. The zero-order chi connectivity index (χ0) is 22.4. The molecule has 0 aliphatic heterocycles. The molecule has 1 atom stereocenters. The topological polar surface area (TPSA) is 121 Å². The summed E-state index contributed by atoms with van der Waals surface area (Å²) in [6.45, 7) is 3.58. The Morgan fingerprint density at radius 3 is 2.03 bits per heavy atom. The average Bonchev–Trinajstić information content (AvgIpc) is 2.68. The highest BCUT2D eigenvalue weighted by Crippen LogP contribution is 2.16. The Morgan fingerprint density at radius 1 is 0.933 bits per heavy atom. The minimum atomic E-state index is -3.70. The summed E-state index contributed by atoms with van der Waals surface area (Å²) in [6.07, 6.45) is 0.588. The summed E-state index contributed by atoms with van der Waals surface area (Å²) in [6, 6.07) is 11.7. The normalized spacial score (nSPS) is 13.0. The average molecular weight is 518 g/mol. The third-order valence-electron chi connectivity index (χ3n) is 4.19. The van der Waals surface area contributed by atoms with Crippen molar-refractivity contribution in [3.05, 3.63) is 53.0 Å². The molecule has 2 aromatic carbocycles. The van der Waals surface area contributed by atoms with Crippen LogP contribution in [0.2, 0.25) is 0 Å². The lowest BCUT2D eigenvalue weighted by molar-refractivity contribution is -0.116. The molecule has 0 radical (unpaired) electrons. The molecule has 0 saturated carbocycles. The van der Waals surface area contributed by atoms with Crippen LogP contribution in [0.3, 0.4) is 0 Å². The van der Waals surface area contributed by atoms with Crippen molar-refractivity contribution in [1.82, 2.24) is 9.44 Å². The third-order valence-corrected chi connectivity index (χ3v) is 7.80. The van der Waals surface area contributed by atoms with Gasteiger partial charge < -0.3 is 5.32 Å². The molecule has 8 nitrogen and oxygen atoms in total. The summed E-state index contributed by atoms with van der Waals surface area (Å²) in [5.74, 6) is -0.401. The second kappa shape index (κ2) is 10.5. The smallest absolute Gasteiger partial charge is 0.240 e. The Balaban J connectivity index is 1.88. The number of hydrogen-bond acceptors (Lipinski definition) is 5. The molecule has 0 fully saturated rings. The summed E-state index contributed by atoms with van der Waals surface area (Å²) >= 11 is 3.24. The number of nitrogens with one attached hydrogen (secondary N) is 3. The van der Waals surface area contributed by atoms with E-state index in [4.69, 9.17) is 0 Å².